The van der Waals surface area contributed by atoms with E-state index in [9.17, 15) is 24.6 Å². The molecular weight excluding hydrogens is 783 g/mol. The van der Waals surface area contributed by atoms with Gasteiger partial charge < -0.3 is 34.3 Å². The highest BCUT2D eigenvalue weighted by Gasteiger charge is 2.20. The van der Waals surface area contributed by atoms with E-state index in [1.165, 1.54) is 70.6 Å². The fourth-order valence-corrected chi connectivity index (χ4v) is 7.57. The van der Waals surface area contributed by atoms with Crippen molar-refractivity contribution in [2.24, 2.45) is 21.8 Å². The van der Waals surface area contributed by atoms with Crippen molar-refractivity contribution < 1.29 is 38.8 Å². The van der Waals surface area contributed by atoms with Gasteiger partial charge in [-0.2, -0.15) is 0 Å². The van der Waals surface area contributed by atoms with Crippen molar-refractivity contribution in [1.29, 1.82) is 0 Å². The van der Waals surface area contributed by atoms with Crippen LogP contribution >= 0.6 is 0 Å². The molecule has 0 aliphatic heterocycles. The highest BCUT2D eigenvalue weighted by Crippen LogP contribution is 2.22. The number of nitrogens with zero attached hydrogens (tertiary/aromatic N) is 3. The Morgan fingerprint density at radius 2 is 0.935 bits per heavy atom. The average molecular weight is 878 g/mol. The number of carbonyl (C=O) groups is 3. The summed E-state index contributed by atoms with van der Waals surface area (Å²) in [5, 5.41) is 26.0. The lowest BCUT2D eigenvalue weighted by Crippen LogP contribution is -2.29. The average Bonchev–Trinajstić information content (AvgIpc) is 3.25. The monoisotopic (exact) mass is 878 g/mol. The van der Waals surface area contributed by atoms with Crippen LogP contribution < -0.4 is 10.2 Å². The predicted octanol–water partition coefficient (Wildman–Crippen LogP) is 10.9. The van der Waals surface area contributed by atoms with Crippen LogP contribution in [0.1, 0.15) is 233 Å². The highest BCUT2D eigenvalue weighted by molar-refractivity contribution is 5.74. The maximum absolute atomic E-state index is 13.1. The summed E-state index contributed by atoms with van der Waals surface area (Å²) in [5.41, 5.74) is 0. The maximum atomic E-state index is 13.1. The number of rotatable bonds is 45. The van der Waals surface area contributed by atoms with Gasteiger partial charge in [-0.25, -0.2) is 0 Å². The molecule has 0 bridgehead atoms. The minimum Gasteiger partial charge on any atom is -0.862 e. The van der Waals surface area contributed by atoms with Crippen LogP contribution in [0.15, 0.2) is 9.98 Å². The number of carbonyl (C=O) groups excluding carboxylic acids is 3. The van der Waals surface area contributed by atoms with Crippen LogP contribution in [0.3, 0.4) is 0 Å². The van der Waals surface area contributed by atoms with E-state index in [1.54, 1.807) is 0 Å². The third kappa shape index (κ3) is 37.8. The third-order valence-corrected chi connectivity index (χ3v) is 11.6. The van der Waals surface area contributed by atoms with Crippen molar-refractivity contribution in [1.82, 2.24) is 4.90 Å². The molecule has 3 unspecified atom stereocenters. The van der Waals surface area contributed by atoms with E-state index in [2.05, 4.69) is 37.7 Å². The van der Waals surface area contributed by atoms with Gasteiger partial charge in [0.05, 0.1) is 12.5 Å². The maximum Gasteiger partial charge on any atom is 0.308 e. The predicted molar refractivity (Wildman–Crippen MR) is 252 cm³/mol. The highest BCUT2D eigenvalue weighted by atomic mass is 16.5. The first-order valence-electron chi connectivity index (χ1n) is 25.6. The summed E-state index contributed by atoms with van der Waals surface area (Å²) in [5.74, 6) is -1.38. The Morgan fingerprint density at radius 1 is 0.500 bits per heavy atom. The van der Waals surface area contributed by atoms with Gasteiger partial charge in [0.2, 0.25) is 0 Å². The Balaban J connectivity index is 5.06. The van der Waals surface area contributed by atoms with Crippen LogP contribution in [-0.4, -0.2) is 87.7 Å². The number of aliphatic imine (C=N–C) groups is 2. The van der Waals surface area contributed by atoms with Gasteiger partial charge in [-0.1, -0.05) is 156 Å². The lowest BCUT2D eigenvalue weighted by atomic mass is 9.94. The van der Waals surface area contributed by atoms with Crippen LogP contribution in [0.2, 0.25) is 0 Å². The summed E-state index contributed by atoms with van der Waals surface area (Å²) in [6.07, 6.45) is 30.4. The zero-order chi connectivity index (χ0) is 45.9. The smallest absolute Gasteiger partial charge is 0.308 e. The van der Waals surface area contributed by atoms with Gasteiger partial charge in [-0.15, -0.1) is 0 Å². The van der Waals surface area contributed by atoms with E-state index < -0.39 is 12.0 Å². The molecule has 0 saturated carbocycles. The summed E-state index contributed by atoms with van der Waals surface area (Å²) in [4.78, 5) is 48.8. The van der Waals surface area contributed by atoms with Gasteiger partial charge in [0.1, 0.15) is 19.3 Å². The molecule has 0 amide bonds. The Kier molecular flexibility index (Phi) is 41.7. The molecule has 0 aromatic carbocycles. The quantitative estimate of drug-likeness (QED) is 0.0191. The first-order chi connectivity index (χ1) is 30.1. The van der Waals surface area contributed by atoms with Crippen LogP contribution in [0, 0.1) is 11.8 Å². The lowest BCUT2D eigenvalue weighted by Gasteiger charge is -2.23. The standard InChI is InChI=1S/C51H97N3O8/c1-7-11-15-19-21-25-33-44(32-23-17-13-9-3)50(58)52-39-29-27-36-47(55)53-46(43-62-49(57)38-31-40-54(5)6)42-61-48(56)37-28-30-41-60-51(59)45(34-24-18-14-10-4)35-26-22-20-16-12-8-2/h44-46H,7-43H2,1-6H3,(H,52,58)(H,53,55)/p-2. The molecule has 0 aliphatic carbocycles. The normalized spacial score (nSPS) is 13.6. The van der Waals surface area contributed by atoms with Crippen molar-refractivity contribution in [2.45, 2.75) is 239 Å². The van der Waals surface area contributed by atoms with Gasteiger partial charge in [-0.05, 0) is 103 Å². The summed E-state index contributed by atoms with van der Waals surface area (Å²) in [6.45, 7) is 9.88. The molecule has 0 spiro atoms. The molecule has 0 aromatic rings. The summed E-state index contributed by atoms with van der Waals surface area (Å²) < 4.78 is 16.6. The molecule has 0 radical (unpaired) electrons. The van der Waals surface area contributed by atoms with Gasteiger partial charge in [0.25, 0.3) is 0 Å². The zero-order valence-corrected chi connectivity index (χ0v) is 41.0. The molecule has 11 heteroatoms. The van der Waals surface area contributed by atoms with Crippen LogP contribution in [-0.2, 0) is 28.6 Å². The largest absolute Gasteiger partial charge is 0.862 e. The number of esters is 3. The molecule has 0 fully saturated rings. The van der Waals surface area contributed by atoms with Crippen LogP contribution in [0.5, 0.6) is 0 Å². The Labute approximate surface area is 380 Å². The molecule has 11 nitrogen and oxygen atoms in total. The van der Waals surface area contributed by atoms with E-state index >= 15 is 0 Å². The lowest BCUT2D eigenvalue weighted by molar-refractivity contribution is -0.225. The van der Waals surface area contributed by atoms with Crippen molar-refractivity contribution in [2.75, 3.05) is 47.0 Å². The van der Waals surface area contributed by atoms with E-state index in [-0.39, 0.29) is 74.7 Å². The van der Waals surface area contributed by atoms with E-state index in [1.807, 2.05) is 19.0 Å². The minimum atomic E-state index is -0.812. The number of hydrogen-bond donors (Lipinski definition) is 0. The molecule has 0 rings (SSSR count). The first kappa shape index (κ1) is 59.3. The van der Waals surface area contributed by atoms with Crippen molar-refractivity contribution in [3.63, 3.8) is 0 Å². The number of unbranched alkanes of at least 4 members (excludes halogenated alkanes) is 18. The minimum absolute atomic E-state index is 0.00183. The van der Waals surface area contributed by atoms with Gasteiger partial charge in [0.15, 0.2) is 0 Å². The molecule has 62 heavy (non-hydrogen) atoms. The summed E-state index contributed by atoms with van der Waals surface area (Å²) >= 11 is 0. The molecule has 0 aromatic heterocycles. The Bertz CT molecular complexity index is 1130. The second-order valence-corrected chi connectivity index (χ2v) is 18.0. The molecule has 0 N–H and O–H groups in total. The number of ether oxygens (including phenoxy) is 3. The second-order valence-electron chi connectivity index (χ2n) is 18.0. The molecular formula is C51H95N3O8-2. The van der Waals surface area contributed by atoms with Crippen LogP contribution in [0.25, 0.3) is 0 Å². The summed E-state index contributed by atoms with van der Waals surface area (Å²) in [6, 6.07) is -0.812. The van der Waals surface area contributed by atoms with Crippen molar-refractivity contribution in [3.8, 4) is 0 Å². The van der Waals surface area contributed by atoms with Gasteiger partial charge >= 0.3 is 17.9 Å². The molecule has 364 valence electrons. The molecule has 3 atom stereocenters. The zero-order valence-electron chi connectivity index (χ0n) is 41.0. The second kappa shape index (κ2) is 43.6. The Morgan fingerprint density at radius 3 is 1.44 bits per heavy atom. The van der Waals surface area contributed by atoms with Crippen molar-refractivity contribution in [3.05, 3.63) is 0 Å². The Hall–Kier alpha value is -2.69. The van der Waals surface area contributed by atoms with E-state index in [0.29, 0.717) is 38.6 Å². The van der Waals surface area contributed by atoms with Crippen LogP contribution in [0.4, 0.5) is 0 Å². The topological polar surface area (TPSA) is 153 Å². The van der Waals surface area contributed by atoms with Gasteiger partial charge in [0, 0.05) is 19.4 Å². The molecule has 0 heterocycles. The van der Waals surface area contributed by atoms with Crippen molar-refractivity contribution >= 4 is 29.7 Å². The SMILES string of the molecule is CCCCCCCCC(CCCCCC)C(=O)OCCCCC(=O)OCC(COC(=O)CCCN(C)C)N=C([O-])CCCCN=C([O-])C(CCCCCC)CCCCCCCC. The summed E-state index contributed by atoms with van der Waals surface area (Å²) in [7, 11) is 3.87. The molecule has 0 aliphatic rings. The third-order valence-electron chi connectivity index (χ3n) is 11.6. The fourth-order valence-electron chi connectivity index (χ4n) is 7.57. The first-order valence-corrected chi connectivity index (χ1v) is 25.6. The fraction of sp³-hybridized carbons (Fsp3) is 0.902. The number of hydrogen-bond acceptors (Lipinski definition) is 11. The van der Waals surface area contributed by atoms with E-state index in [4.69, 9.17) is 14.2 Å². The van der Waals surface area contributed by atoms with E-state index in [0.717, 1.165) is 90.0 Å². The molecule has 0 saturated heterocycles. The van der Waals surface area contributed by atoms with Gasteiger partial charge in [-0.3, -0.25) is 19.4 Å².